The lowest BCUT2D eigenvalue weighted by Crippen LogP contribution is -2.40. The summed E-state index contributed by atoms with van der Waals surface area (Å²) in [6.07, 6.45) is 1.10. The Kier molecular flexibility index (Phi) is 4.94. The van der Waals surface area contributed by atoms with Gasteiger partial charge in [0.1, 0.15) is 0 Å². The van der Waals surface area contributed by atoms with E-state index in [2.05, 4.69) is 12.1 Å². The number of hydrogen-bond acceptors (Lipinski definition) is 4. The van der Waals surface area contributed by atoms with E-state index in [1.54, 1.807) is 31.3 Å². The van der Waals surface area contributed by atoms with Gasteiger partial charge in [0, 0.05) is 37.8 Å². The summed E-state index contributed by atoms with van der Waals surface area (Å²) in [6.45, 7) is 1.72. The van der Waals surface area contributed by atoms with Crippen LogP contribution in [-0.4, -0.2) is 44.0 Å². The molecule has 28 heavy (non-hydrogen) atoms. The Morgan fingerprint density at radius 2 is 1.79 bits per heavy atom. The van der Waals surface area contributed by atoms with Gasteiger partial charge in [-0.1, -0.05) is 24.3 Å². The molecule has 1 atom stereocenters. The van der Waals surface area contributed by atoms with Crippen molar-refractivity contribution in [3.8, 4) is 11.5 Å². The van der Waals surface area contributed by atoms with Gasteiger partial charge in [-0.25, -0.2) is 0 Å². The van der Waals surface area contributed by atoms with Gasteiger partial charge in [0.25, 0.3) is 0 Å². The Balaban J connectivity index is 1.48. The van der Waals surface area contributed by atoms with Crippen LogP contribution in [0.2, 0.25) is 0 Å². The van der Waals surface area contributed by atoms with Crippen molar-refractivity contribution in [3.05, 3.63) is 53.6 Å². The highest BCUT2D eigenvalue weighted by molar-refractivity contribution is 6.00. The molecule has 0 N–H and O–H groups in total. The molecule has 0 aliphatic carbocycles. The number of nitrogens with zero attached hydrogens (tertiary/aromatic N) is 2. The zero-order valence-corrected chi connectivity index (χ0v) is 16.2. The lowest BCUT2D eigenvalue weighted by Gasteiger charge is -2.30. The molecule has 2 amide bonds. The number of ether oxygens (including phenoxy) is 2. The normalized spacial score (nSPS) is 18.8. The average Bonchev–Trinajstić information content (AvgIpc) is 3.13. The second kappa shape index (κ2) is 7.54. The zero-order valence-electron chi connectivity index (χ0n) is 16.2. The number of carbonyl (C=O) groups excluding carboxylic acids is 2. The largest absolute Gasteiger partial charge is 0.493 e. The molecule has 6 heteroatoms. The Bertz CT molecular complexity index is 911. The molecule has 0 aromatic heterocycles. The fraction of sp³-hybridized carbons (Fsp3) is 0.364. The van der Waals surface area contributed by atoms with Gasteiger partial charge in [-0.3, -0.25) is 9.59 Å². The number of fused-ring (bicyclic) bond motifs is 1. The quantitative estimate of drug-likeness (QED) is 0.818. The number of hydrogen-bond donors (Lipinski definition) is 0. The van der Waals surface area contributed by atoms with Gasteiger partial charge in [0.05, 0.1) is 20.1 Å². The van der Waals surface area contributed by atoms with E-state index in [4.69, 9.17) is 9.47 Å². The third-order valence-electron chi connectivity index (χ3n) is 5.60. The van der Waals surface area contributed by atoms with Crippen molar-refractivity contribution >= 4 is 17.5 Å². The molecule has 2 aliphatic rings. The third kappa shape index (κ3) is 3.30. The molecule has 2 aromatic rings. The van der Waals surface area contributed by atoms with Crippen molar-refractivity contribution in [2.75, 3.05) is 32.2 Å². The summed E-state index contributed by atoms with van der Waals surface area (Å²) in [5.41, 5.74) is 3.23. The predicted molar refractivity (Wildman–Crippen MR) is 106 cm³/mol. The molecular formula is C22H24N2O4. The van der Waals surface area contributed by atoms with Crippen molar-refractivity contribution in [1.29, 1.82) is 0 Å². The summed E-state index contributed by atoms with van der Waals surface area (Å²) in [6, 6.07) is 13.6. The molecule has 2 aromatic carbocycles. The first kappa shape index (κ1) is 18.3. The van der Waals surface area contributed by atoms with Crippen LogP contribution in [-0.2, 0) is 22.6 Å². The summed E-state index contributed by atoms with van der Waals surface area (Å²) in [5, 5.41) is 0. The van der Waals surface area contributed by atoms with Crippen LogP contribution in [0.1, 0.15) is 17.5 Å². The van der Waals surface area contributed by atoms with Crippen LogP contribution < -0.4 is 14.4 Å². The van der Waals surface area contributed by atoms with Gasteiger partial charge >= 0.3 is 0 Å². The van der Waals surface area contributed by atoms with E-state index in [9.17, 15) is 9.59 Å². The number of methoxy groups -OCH3 is 2. The second-order valence-electron chi connectivity index (χ2n) is 7.22. The SMILES string of the molecule is COc1ccc(N2CC(C(=O)N3CCc4ccccc4C3)CC2=O)cc1OC. The highest BCUT2D eigenvalue weighted by Crippen LogP contribution is 2.34. The maximum atomic E-state index is 13.1. The van der Waals surface area contributed by atoms with Crippen LogP contribution in [0.3, 0.4) is 0 Å². The Morgan fingerprint density at radius 1 is 1.04 bits per heavy atom. The highest BCUT2D eigenvalue weighted by Gasteiger charge is 2.38. The minimum Gasteiger partial charge on any atom is -0.493 e. The third-order valence-corrected chi connectivity index (χ3v) is 5.60. The van der Waals surface area contributed by atoms with E-state index < -0.39 is 0 Å². The first-order valence-electron chi connectivity index (χ1n) is 9.48. The number of anilines is 1. The lowest BCUT2D eigenvalue weighted by atomic mass is 9.98. The van der Waals surface area contributed by atoms with E-state index in [0.29, 0.717) is 31.1 Å². The van der Waals surface area contributed by atoms with E-state index in [-0.39, 0.29) is 24.2 Å². The van der Waals surface area contributed by atoms with Crippen molar-refractivity contribution in [1.82, 2.24) is 4.90 Å². The molecular weight excluding hydrogens is 356 g/mol. The standard InChI is InChI=1S/C22H24N2O4/c1-27-19-8-7-18(12-20(19)28-2)24-14-17(11-21(24)25)22(26)23-10-9-15-5-3-4-6-16(15)13-23/h3-8,12,17H,9-11,13-14H2,1-2H3. The van der Waals surface area contributed by atoms with Crippen LogP contribution in [0.15, 0.2) is 42.5 Å². The smallest absolute Gasteiger partial charge is 0.228 e. The zero-order chi connectivity index (χ0) is 19.7. The van der Waals surface area contributed by atoms with Crippen LogP contribution in [0.5, 0.6) is 11.5 Å². The highest BCUT2D eigenvalue weighted by atomic mass is 16.5. The van der Waals surface area contributed by atoms with Crippen LogP contribution in [0, 0.1) is 5.92 Å². The van der Waals surface area contributed by atoms with E-state index in [0.717, 1.165) is 12.1 Å². The first-order chi connectivity index (χ1) is 13.6. The van der Waals surface area contributed by atoms with Crippen molar-refractivity contribution in [3.63, 3.8) is 0 Å². The summed E-state index contributed by atoms with van der Waals surface area (Å²) in [7, 11) is 3.14. The Morgan fingerprint density at radius 3 is 2.54 bits per heavy atom. The van der Waals surface area contributed by atoms with Crippen LogP contribution >= 0.6 is 0 Å². The maximum Gasteiger partial charge on any atom is 0.228 e. The molecule has 146 valence electrons. The van der Waals surface area contributed by atoms with Gasteiger partial charge < -0.3 is 19.3 Å². The summed E-state index contributed by atoms with van der Waals surface area (Å²) in [4.78, 5) is 29.2. The molecule has 0 saturated carbocycles. The fourth-order valence-corrected chi connectivity index (χ4v) is 4.06. The molecule has 4 rings (SSSR count). The molecule has 6 nitrogen and oxygen atoms in total. The first-order valence-corrected chi connectivity index (χ1v) is 9.48. The Labute approximate surface area is 164 Å². The molecule has 0 spiro atoms. The van der Waals surface area contributed by atoms with Crippen molar-refractivity contribution < 1.29 is 19.1 Å². The topological polar surface area (TPSA) is 59.1 Å². The molecule has 1 saturated heterocycles. The molecule has 0 radical (unpaired) electrons. The molecule has 2 aliphatic heterocycles. The number of amides is 2. The predicted octanol–water partition coefficient (Wildman–Crippen LogP) is 2.64. The number of carbonyl (C=O) groups is 2. The van der Waals surface area contributed by atoms with E-state index >= 15 is 0 Å². The van der Waals surface area contributed by atoms with Gasteiger partial charge in [-0.15, -0.1) is 0 Å². The van der Waals surface area contributed by atoms with Gasteiger partial charge in [0.2, 0.25) is 11.8 Å². The number of rotatable bonds is 4. The molecule has 1 unspecified atom stereocenters. The van der Waals surface area contributed by atoms with E-state index in [1.807, 2.05) is 23.1 Å². The second-order valence-corrected chi connectivity index (χ2v) is 7.22. The maximum absolute atomic E-state index is 13.1. The summed E-state index contributed by atoms with van der Waals surface area (Å²) < 4.78 is 10.6. The molecule has 0 bridgehead atoms. The fourth-order valence-electron chi connectivity index (χ4n) is 4.06. The average molecular weight is 380 g/mol. The minimum absolute atomic E-state index is 0.0389. The van der Waals surface area contributed by atoms with Gasteiger partial charge in [0.15, 0.2) is 11.5 Å². The van der Waals surface area contributed by atoms with Gasteiger partial charge in [-0.05, 0) is 29.7 Å². The minimum atomic E-state index is -0.314. The number of benzene rings is 2. The van der Waals surface area contributed by atoms with Crippen LogP contribution in [0.25, 0.3) is 0 Å². The van der Waals surface area contributed by atoms with Crippen LogP contribution in [0.4, 0.5) is 5.69 Å². The lowest BCUT2D eigenvalue weighted by molar-refractivity contribution is -0.136. The summed E-state index contributed by atoms with van der Waals surface area (Å²) >= 11 is 0. The van der Waals surface area contributed by atoms with E-state index in [1.165, 1.54) is 11.1 Å². The van der Waals surface area contributed by atoms with Gasteiger partial charge in [-0.2, -0.15) is 0 Å². The van der Waals surface area contributed by atoms with Crippen molar-refractivity contribution in [2.45, 2.75) is 19.4 Å². The Hall–Kier alpha value is -3.02. The molecule has 2 heterocycles. The summed E-state index contributed by atoms with van der Waals surface area (Å²) in [5.74, 6) is 0.882. The molecule has 1 fully saturated rings. The monoisotopic (exact) mass is 380 g/mol. The van der Waals surface area contributed by atoms with Crippen molar-refractivity contribution in [2.24, 2.45) is 5.92 Å².